The minimum atomic E-state index is -0.729. The van der Waals surface area contributed by atoms with Gasteiger partial charge in [0.05, 0.1) is 6.10 Å². The second-order valence-electron chi connectivity index (χ2n) is 11.2. The number of carbonyl (C=O) groups is 2. The molecule has 1 heterocycles. The molecule has 1 aliphatic heterocycles. The molecule has 29 heavy (non-hydrogen) atoms. The topological polar surface area (TPSA) is 86.6 Å². The lowest BCUT2D eigenvalue weighted by Gasteiger charge is -2.56. The van der Waals surface area contributed by atoms with Crippen molar-refractivity contribution in [3.8, 4) is 0 Å². The van der Waals surface area contributed by atoms with Gasteiger partial charge in [-0.15, -0.1) is 0 Å². The van der Waals surface area contributed by atoms with E-state index in [2.05, 4.69) is 26.1 Å². The molecule has 4 fully saturated rings. The van der Waals surface area contributed by atoms with Gasteiger partial charge in [-0.05, 0) is 99.2 Å². The number of hydrogen-bond donors (Lipinski definition) is 3. The summed E-state index contributed by atoms with van der Waals surface area (Å²) in [5, 5.41) is 22.8. The fraction of sp³-hybridized carbons (Fsp3) is 0.917. The molecular weight excluding hydrogens is 366 g/mol. The van der Waals surface area contributed by atoms with Crippen LogP contribution in [-0.2, 0) is 9.59 Å². The highest BCUT2D eigenvalue weighted by atomic mass is 16.4. The molecule has 0 aromatic heterocycles. The highest BCUT2D eigenvalue weighted by molar-refractivity contribution is 5.78. The zero-order chi connectivity index (χ0) is 21.0. The number of aliphatic hydroxyl groups excluding tert-OH is 1. The Kier molecular flexibility index (Phi) is 5.50. The van der Waals surface area contributed by atoms with E-state index in [1.807, 2.05) is 0 Å². The van der Waals surface area contributed by atoms with Gasteiger partial charge in [0.1, 0.15) is 0 Å². The molecule has 0 radical (unpaired) electrons. The summed E-state index contributed by atoms with van der Waals surface area (Å²) in [5.41, 5.74) is -0.0520. The minimum Gasteiger partial charge on any atom is -0.481 e. The van der Waals surface area contributed by atoms with Crippen molar-refractivity contribution in [2.75, 3.05) is 0 Å². The summed E-state index contributed by atoms with van der Waals surface area (Å²) in [6, 6.07) is 0. The molecule has 1 saturated heterocycles. The van der Waals surface area contributed by atoms with Crippen molar-refractivity contribution < 1.29 is 19.8 Å². The SMILES string of the molecule is C[C@H](CCC(=O)O)[C@H]1CCC2C3CC[C@@H]4C[C@H](O)CC[C@]4(C)C3CC(=O)N[C@@]21C. The predicted molar refractivity (Wildman–Crippen MR) is 111 cm³/mol. The Bertz CT molecular complexity index is 665. The van der Waals surface area contributed by atoms with Crippen molar-refractivity contribution in [3.05, 3.63) is 0 Å². The molecule has 3 unspecified atom stereocenters. The van der Waals surface area contributed by atoms with Crippen LogP contribution in [0.4, 0.5) is 0 Å². The predicted octanol–water partition coefficient (Wildman–Crippen LogP) is 3.99. The van der Waals surface area contributed by atoms with E-state index < -0.39 is 5.97 Å². The number of fused-ring (bicyclic) bond motifs is 5. The summed E-state index contributed by atoms with van der Waals surface area (Å²) in [4.78, 5) is 24.2. The van der Waals surface area contributed by atoms with Gasteiger partial charge in [-0.3, -0.25) is 9.59 Å². The van der Waals surface area contributed by atoms with Crippen LogP contribution in [0.2, 0.25) is 0 Å². The maximum Gasteiger partial charge on any atom is 0.303 e. The number of hydrogen-bond acceptors (Lipinski definition) is 3. The van der Waals surface area contributed by atoms with Crippen molar-refractivity contribution in [1.82, 2.24) is 5.32 Å². The van der Waals surface area contributed by atoms with E-state index in [1.54, 1.807) is 0 Å². The summed E-state index contributed by atoms with van der Waals surface area (Å²) in [5.74, 6) is 2.11. The van der Waals surface area contributed by atoms with E-state index in [1.165, 1.54) is 12.8 Å². The maximum absolute atomic E-state index is 13.1. The van der Waals surface area contributed by atoms with Gasteiger partial charge in [0, 0.05) is 18.4 Å². The Morgan fingerprint density at radius 3 is 2.66 bits per heavy atom. The van der Waals surface area contributed by atoms with Gasteiger partial charge in [0.25, 0.3) is 0 Å². The van der Waals surface area contributed by atoms with Crippen molar-refractivity contribution in [2.45, 2.75) is 96.6 Å². The normalized spacial score (nSPS) is 47.9. The highest BCUT2D eigenvalue weighted by Gasteiger charge is 2.60. The van der Waals surface area contributed by atoms with E-state index in [0.29, 0.717) is 48.3 Å². The molecule has 3 aliphatic carbocycles. The molecule has 3 saturated carbocycles. The first-order valence-electron chi connectivity index (χ1n) is 11.9. The van der Waals surface area contributed by atoms with Gasteiger partial charge in [0.2, 0.25) is 5.91 Å². The third kappa shape index (κ3) is 3.51. The minimum absolute atomic E-state index is 0.164. The fourth-order valence-electron chi connectivity index (χ4n) is 8.34. The molecule has 164 valence electrons. The van der Waals surface area contributed by atoms with Crippen molar-refractivity contribution in [1.29, 1.82) is 0 Å². The van der Waals surface area contributed by atoms with Crippen LogP contribution in [0.15, 0.2) is 0 Å². The van der Waals surface area contributed by atoms with E-state index in [4.69, 9.17) is 5.11 Å². The number of aliphatic hydroxyl groups is 1. The van der Waals surface area contributed by atoms with Crippen molar-refractivity contribution >= 4 is 11.9 Å². The quantitative estimate of drug-likeness (QED) is 0.660. The Hall–Kier alpha value is -1.10. The fourth-order valence-corrected chi connectivity index (χ4v) is 8.34. The van der Waals surface area contributed by atoms with Gasteiger partial charge in [-0.1, -0.05) is 13.8 Å². The smallest absolute Gasteiger partial charge is 0.303 e. The summed E-state index contributed by atoms with van der Waals surface area (Å²) in [6.07, 6.45) is 8.73. The third-order valence-electron chi connectivity index (χ3n) is 9.88. The standard InChI is InChI=1S/C24H39NO4/c1-14(4-9-22(28)29)18-7-8-19-17-6-5-15-12-16(26)10-11-23(15,2)20(17)13-21(27)25-24(18,19)3/h14-20,26H,4-13H2,1-3H3,(H,25,27)(H,28,29)/t14-,15-,16-,17?,18-,19?,20?,23+,24-/m1/s1. The molecule has 4 rings (SSSR count). The molecule has 4 aliphatic rings. The number of carboxylic acid groups (broad SMARTS) is 1. The second kappa shape index (κ2) is 7.55. The molecule has 9 atom stereocenters. The van der Waals surface area contributed by atoms with Gasteiger partial charge < -0.3 is 15.5 Å². The van der Waals surface area contributed by atoms with E-state index in [-0.39, 0.29) is 29.4 Å². The molecule has 3 N–H and O–H groups in total. The lowest BCUT2D eigenvalue weighted by atomic mass is 9.49. The van der Waals surface area contributed by atoms with Gasteiger partial charge in [-0.25, -0.2) is 0 Å². The van der Waals surface area contributed by atoms with Crippen LogP contribution in [0, 0.1) is 40.9 Å². The van der Waals surface area contributed by atoms with Crippen LogP contribution in [0.3, 0.4) is 0 Å². The molecule has 0 bridgehead atoms. The molecule has 5 heteroatoms. The van der Waals surface area contributed by atoms with Gasteiger partial charge in [0.15, 0.2) is 0 Å². The zero-order valence-electron chi connectivity index (χ0n) is 18.3. The average Bonchev–Trinajstić information content (AvgIpc) is 2.92. The van der Waals surface area contributed by atoms with E-state index in [9.17, 15) is 14.7 Å². The van der Waals surface area contributed by atoms with Crippen LogP contribution in [-0.4, -0.2) is 33.7 Å². The summed E-state index contributed by atoms with van der Waals surface area (Å²) >= 11 is 0. The van der Waals surface area contributed by atoms with Crippen LogP contribution in [0.5, 0.6) is 0 Å². The molecule has 0 spiro atoms. The van der Waals surface area contributed by atoms with Crippen LogP contribution in [0.25, 0.3) is 0 Å². The number of nitrogens with one attached hydrogen (secondary N) is 1. The lowest BCUT2D eigenvalue weighted by molar-refractivity contribution is -0.137. The number of carbonyl (C=O) groups excluding carboxylic acids is 1. The molecule has 0 aromatic rings. The first-order valence-corrected chi connectivity index (χ1v) is 11.9. The monoisotopic (exact) mass is 405 g/mol. The largest absolute Gasteiger partial charge is 0.481 e. The van der Waals surface area contributed by atoms with E-state index >= 15 is 0 Å². The first kappa shape index (κ1) is 21.1. The molecule has 0 aromatic carbocycles. The number of rotatable bonds is 4. The van der Waals surface area contributed by atoms with Crippen molar-refractivity contribution in [3.63, 3.8) is 0 Å². The van der Waals surface area contributed by atoms with Crippen LogP contribution >= 0.6 is 0 Å². The second-order valence-corrected chi connectivity index (χ2v) is 11.2. The lowest BCUT2D eigenvalue weighted by Crippen LogP contribution is -2.55. The summed E-state index contributed by atoms with van der Waals surface area (Å²) < 4.78 is 0. The first-order chi connectivity index (χ1) is 13.6. The maximum atomic E-state index is 13.1. The average molecular weight is 406 g/mol. The Morgan fingerprint density at radius 1 is 1.17 bits per heavy atom. The van der Waals surface area contributed by atoms with E-state index in [0.717, 1.165) is 32.1 Å². The van der Waals surface area contributed by atoms with Gasteiger partial charge in [-0.2, -0.15) is 0 Å². The van der Waals surface area contributed by atoms with Crippen molar-refractivity contribution in [2.24, 2.45) is 40.9 Å². The number of aliphatic carboxylic acids is 1. The molecular formula is C24H39NO4. The van der Waals surface area contributed by atoms with Crippen LogP contribution in [0.1, 0.15) is 85.0 Å². The highest BCUT2D eigenvalue weighted by Crippen LogP contribution is 2.62. The summed E-state index contributed by atoms with van der Waals surface area (Å²) in [6.45, 7) is 6.83. The summed E-state index contributed by atoms with van der Waals surface area (Å²) in [7, 11) is 0. The van der Waals surface area contributed by atoms with Gasteiger partial charge >= 0.3 is 5.97 Å². The molecule has 5 nitrogen and oxygen atoms in total. The third-order valence-corrected chi connectivity index (χ3v) is 9.88. The zero-order valence-corrected chi connectivity index (χ0v) is 18.3. The Balaban J connectivity index is 1.60. The number of amides is 1. The molecule has 1 amide bonds. The Morgan fingerprint density at radius 2 is 1.93 bits per heavy atom. The number of carboxylic acids is 1. The van der Waals surface area contributed by atoms with Crippen LogP contribution < -0.4 is 5.32 Å². The Labute approximate surface area is 175 Å².